The highest BCUT2D eigenvalue weighted by molar-refractivity contribution is 5.88. The second-order valence-electron chi connectivity index (χ2n) is 7.79. The summed E-state index contributed by atoms with van der Waals surface area (Å²) in [6.45, 7) is 4.17. The lowest BCUT2D eigenvalue weighted by Gasteiger charge is -2.44. The molecule has 0 radical (unpaired) electrons. The number of anilines is 1. The van der Waals surface area contributed by atoms with Gasteiger partial charge in [0, 0.05) is 37.1 Å². The third-order valence-electron chi connectivity index (χ3n) is 6.18. The summed E-state index contributed by atoms with van der Waals surface area (Å²) in [7, 11) is 4.16. The number of nitrogens with zero attached hydrogens (tertiary/aromatic N) is 6. The fourth-order valence-electron chi connectivity index (χ4n) is 4.27. The Kier molecular flexibility index (Phi) is 5.26. The Hall–Kier alpha value is -2.54. The molecule has 1 aliphatic carbocycles. The number of fused-ring (bicyclic) bond motifs is 1. The normalized spacial score (nSPS) is 16.6. The second kappa shape index (κ2) is 7.83. The van der Waals surface area contributed by atoms with Crippen LogP contribution in [0.4, 0.5) is 5.82 Å². The molecule has 0 saturated heterocycles. The number of aryl methyl sites for hydroxylation is 1. The van der Waals surface area contributed by atoms with Gasteiger partial charge >= 0.3 is 0 Å². The van der Waals surface area contributed by atoms with E-state index < -0.39 is 0 Å². The summed E-state index contributed by atoms with van der Waals surface area (Å²) in [4.78, 5) is 16.2. The van der Waals surface area contributed by atoms with E-state index in [-0.39, 0.29) is 5.54 Å². The van der Waals surface area contributed by atoms with Crippen molar-refractivity contribution in [3.05, 3.63) is 30.7 Å². The number of nitrogens with one attached hydrogen (secondary N) is 1. The quantitative estimate of drug-likeness (QED) is 0.707. The standard InChI is InChI=1S/C21H29N7/c1-4-27(2)21(10-6-5-7-11-21)15-23-19-17-14-24-28(3)20(17)26-18(25-19)16-8-12-22-13-9-16/h8-9,12-14H,4-7,10-11,15H2,1-3H3,(H,23,25,26). The minimum absolute atomic E-state index is 0.184. The molecule has 0 spiro atoms. The van der Waals surface area contributed by atoms with Gasteiger partial charge in [0.2, 0.25) is 0 Å². The zero-order valence-corrected chi connectivity index (χ0v) is 17.0. The first-order valence-electron chi connectivity index (χ1n) is 10.2. The van der Waals surface area contributed by atoms with Crippen LogP contribution in [0.2, 0.25) is 0 Å². The van der Waals surface area contributed by atoms with Crippen LogP contribution in [0.15, 0.2) is 30.7 Å². The first-order valence-corrected chi connectivity index (χ1v) is 10.2. The zero-order chi connectivity index (χ0) is 19.6. The Bertz CT molecular complexity index is 929. The van der Waals surface area contributed by atoms with Gasteiger partial charge in [-0.1, -0.05) is 26.2 Å². The van der Waals surface area contributed by atoms with Crippen LogP contribution in [0, 0.1) is 0 Å². The summed E-state index contributed by atoms with van der Waals surface area (Å²) in [5, 5.41) is 9.04. The van der Waals surface area contributed by atoms with E-state index in [2.05, 4.69) is 34.3 Å². The summed E-state index contributed by atoms with van der Waals surface area (Å²) < 4.78 is 1.81. The first-order chi connectivity index (χ1) is 13.6. The molecular weight excluding hydrogens is 350 g/mol. The van der Waals surface area contributed by atoms with Crippen molar-refractivity contribution < 1.29 is 0 Å². The molecule has 0 aliphatic heterocycles. The van der Waals surface area contributed by atoms with Crippen LogP contribution < -0.4 is 5.32 Å². The molecule has 1 fully saturated rings. The third-order valence-corrected chi connectivity index (χ3v) is 6.18. The number of rotatable bonds is 6. The molecule has 0 amide bonds. The van der Waals surface area contributed by atoms with Crippen LogP contribution in [-0.2, 0) is 7.05 Å². The van der Waals surface area contributed by atoms with Crippen LogP contribution >= 0.6 is 0 Å². The molecule has 7 nitrogen and oxygen atoms in total. The van der Waals surface area contributed by atoms with Gasteiger partial charge in [-0.05, 0) is 38.6 Å². The maximum atomic E-state index is 4.86. The number of hydrogen-bond donors (Lipinski definition) is 1. The molecule has 0 unspecified atom stereocenters. The van der Waals surface area contributed by atoms with E-state index in [1.807, 2.05) is 25.4 Å². The highest BCUT2D eigenvalue weighted by Gasteiger charge is 2.35. The number of hydrogen-bond acceptors (Lipinski definition) is 6. The van der Waals surface area contributed by atoms with Crippen LogP contribution in [-0.4, -0.2) is 55.3 Å². The van der Waals surface area contributed by atoms with Crippen molar-refractivity contribution in [1.29, 1.82) is 0 Å². The lowest BCUT2D eigenvalue weighted by atomic mass is 9.80. The zero-order valence-electron chi connectivity index (χ0n) is 17.0. The van der Waals surface area contributed by atoms with E-state index in [1.54, 1.807) is 17.1 Å². The third kappa shape index (κ3) is 3.46. The van der Waals surface area contributed by atoms with E-state index in [9.17, 15) is 0 Å². The summed E-state index contributed by atoms with van der Waals surface area (Å²) in [5.41, 5.74) is 1.98. The molecular formula is C21H29N7. The van der Waals surface area contributed by atoms with Gasteiger partial charge in [-0.2, -0.15) is 5.10 Å². The van der Waals surface area contributed by atoms with Crippen molar-refractivity contribution in [1.82, 2.24) is 29.6 Å². The van der Waals surface area contributed by atoms with Crippen LogP contribution in [0.25, 0.3) is 22.4 Å². The van der Waals surface area contributed by atoms with E-state index in [1.165, 1.54) is 32.1 Å². The molecule has 1 saturated carbocycles. The molecule has 1 aliphatic rings. The van der Waals surface area contributed by atoms with Crippen molar-refractivity contribution in [2.45, 2.75) is 44.6 Å². The number of pyridine rings is 1. The van der Waals surface area contributed by atoms with Gasteiger partial charge in [0.05, 0.1) is 11.6 Å². The highest BCUT2D eigenvalue weighted by atomic mass is 15.3. The van der Waals surface area contributed by atoms with Crippen LogP contribution in [0.3, 0.4) is 0 Å². The van der Waals surface area contributed by atoms with Gasteiger partial charge < -0.3 is 5.32 Å². The maximum Gasteiger partial charge on any atom is 0.164 e. The summed E-state index contributed by atoms with van der Waals surface area (Å²) in [5.74, 6) is 1.56. The Morgan fingerprint density at radius 2 is 1.89 bits per heavy atom. The monoisotopic (exact) mass is 379 g/mol. The first kappa shape index (κ1) is 18.8. The smallest absolute Gasteiger partial charge is 0.164 e. The Morgan fingerprint density at radius 3 is 2.61 bits per heavy atom. The van der Waals surface area contributed by atoms with Gasteiger partial charge in [-0.3, -0.25) is 14.6 Å². The topological polar surface area (TPSA) is 71.8 Å². The second-order valence-corrected chi connectivity index (χ2v) is 7.79. The lowest BCUT2D eigenvalue weighted by Crippen LogP contribution is -2.52. The average Bonchev–Trinajstić information content (AvgIpc) is 3.13. The molecule has 28 heavy (non-hydrogen) atoms. The fraction of sp³-hybridized carbons (Fsp3) is 0.524. The molecule has 148 valence electrons. The molecule has 3 aromatic heterocycles. The molecule has 4 rings (SSSR count). The Morgan fingerprint density at radius 1 is 1.14 bits per heavy atom. The minimum atomic E-state index is 0.184. The van der Waals surface area contributed by atoms with E-state index >= 15 is 0 Å². The van der Waals surface area contributed by atoms with Gasteiger partial charge in [-0.15, -0.1) is 0 Å². The predicted octanol–water partition coefficient (Wildman–Crippen LogP) is 3.49. The maximum absolute atomic E-state index is 4.86. The van der Waals surface area contributed by atoms with Crippen molar-refractivity contribution >= 4 is 16.9 Å². The molecule has 0 aromatic carbocycles. The van der Waals surface area contributed by atoms with Crippen molar-refractivity contribution in [3.8, 4) is 11.4 Å². The fourth-order valence-corrected chi connectivity index (χ4v) is 4.27. The molecule has 3 heterocycles. The summed E-state index contributed by atoms with van der Waals surface area (Å²) in [6, 6.07) is 3.88. The molecule has 0 atom stereocenters. The largest absolute Gasteiger partial charge is 0.367 e. The average molecular weight is 380 g/mol. The molecule has 1 N–H and O–H groups in total. The SMILES string of the molecule is CCN(C)C1(CNc2nc(-c3ccncc3)nc3c2cnn3C)CCCCC1. The molecule has 0 bridgehead atoms. The van der Waals surface area contributed by atoms with Gasteiger partial charge in [0.1, 0.15) is 5.82 Å². The number of aromatic nitrogens is 5. The van der Waals surface area contributed by atoms with Gasteiger partial charge in [0.15, 0.2) is 11.5 Å². The van der Waals surface area contributed by atoms with Crippen molar-refractivity contribution in [3.63, 3.8) is 0 Å². The van der Waals surface area contributed by atoms with Crippen LogP contribution in [0.5, 0.6) is 0 Å². The van der Waals surface area contributed by atoms with Crippen LogP contribution in [0.1, 0.15) is 39.0 Å². The minimum Gasteiger partial charge on any atom is -0.367 e. The predicted molar refractivity (Wildman–Crippen MR) is 112 cm³/mol. The Balaban J connectivity index is 1.69. The van der Waals surface area contributed by atoms with E-state index in [4.69, 9.17) is 9.97 Å². The van der Waals surface area contributed by atoms with E-state index in [0.29, 0.717) is 5.82 Å². The van der Waals surface area contributed by atoms with Crippen molar-refractivity contribution in [2.75, 3.05) is 25.5 Å². The van der Waals surface area contributed by atoms with E-state index in [0.717, 1.165) is 35.5 Å². The molecule has 3 aromatic rings. The Labute approximate surface area is 166 Å². The highest BCUT2D eigenvalue weighted by Crippen LogP contribution is 2.34. The lowest BCUT2D eigenvalue weighted by molar-refractivity contribution is 0.0923. The summed E-state index contributed by atoms with van der Waals surface area (Å²) in [6.07, 6.45) is 11.8. The number of likely N-dealkylation sites (N-methyl/N-ethyl adjacent to an activating group) is 1. The van der Waals surface area contributed by atoms with Crippen molar-refractivity contribution in [2.24, 2.45) is 7.05 Å². The van der Waals surface area contributed by atoms with Gasteiger partial charge in [0.25, 0.3) is 0 Å². The summed E-state index contributed by atoms with van der Waals surface area (Å²) >= 11 is 0. The molecule has 7 heteroatoms. The van der Waals surface area contributed by atoms with Gasteiger partial charge in [-0.25, -0.2) is 9.97 Å².